The molecule has 1 aliphatic rings. The molecule has 1 saturated carbocycles. The summed E-state index contributed by atoms with van der Waals surface area (Å²) in [5.41, 5.74) is 5.09. The number of carbonyl (C=O) groups excluding carboxylic acids is 1. The fourth-order valence-electron chi connectivity index (χ4n) is 1.82. The van der Waals surface area contributed by atoms with Crippen LogP contribution in [0.4, 0.5) is 0 Å². The second kappa shape index (κ2) is 5.41. The van der Waals surface area contributed by atoms with Crippen LogP contribution in [0.15, 0.2) is 0 Å². The molecule has 0 radical (unpaired) electrons. The highest BCUT2D eigenvalue weighted by Crippen LogP contribution is 2.42. The third kappa shape index (κ3) is 2.92. The van der Waals surface area contributed by atoms with Gasteiger partial charge in [0.25, 0.3) is 0 Å². The van der Waals surface area contributed by atoms with Crippen LogP contribution in [0.1, 0.15) is 33.6 Å². The van der Waals surface area contributed by atoms with E-state index < -0.39 is 5.54 Å². The number of nitrogens with two attached hydrogens (primary N) is 1. The highest BCUT2D eigenvalue weighted by molar-refractivity contribution is 8.00. The molecule has 4 heteroatoms. The largest absolute Gasteiger partial charge is 0.368 e. The molecule has 1 rings (SSSR count). The Morgan fingerprint density at radius 1 is 1.50 bits per heavy atom. The molecule has 0 saturated heterocycles. The van der Waals surface area contributed by atoms with Crippen molar-refractivity contribution >= 4 is 17.7 Å². The zero-order valence-electron chi connectivity index (χ0n) is 10.7. The predicted molar refractivity (Wildman–Crippen MR) is 70.5 cm³/mol. The summed E-state index contributed by atoms with van der Waals surface area (Å²) >= 11 is 1.85. The topological polar surface area (TPSA) is 55.1 Å². The Kier molecular flexibility index (Phi) is 4.68. The van der Waals surface area contributed by atoms with Crippen LogP contribution < -0.4 is 11.1 Å². The molecule has 0 spiro atoms. The first-order valence-corrected chi connectivity index (χ1v) is 7.09. The highest BCUT2D eigenvalue weighted by atomic mass is 32.2. The Morgan fingerprint density at radius 3 is 2.38 bits per heavy atom. The van der Waals surface area contributed by atoms with Crippen LogP contribution in [0.5, 0.6) is 0 Å². The van der Waals surface area contributed by atoms with Crippen LogP contribution >= 0.6 is 11.8 Å². The average molecular weight is 244 g/mol. The molecule has 0 aromatic heterocycles. The zero-order valence-corrected chi connectivity index (χ0v) is 11.6. The summed E-state index contributed by atoms with van der Waals surface area (Å²) in [7, 11) is 1.85. The van der Waals surface area contributed by atoms with Crippen molar-refractivity contribution in [2.45, 2.75) is 44.4 Å². The van der Waals surface area contributed by atoms with Gasteiger partial charge in [0, 0.05) is 11.0 Å². The lowest BCUT2D eigenvalue weighted by Gasteiger charge is -2.31. The van der Waals surface area contributed by atoms with E-state index in [0.717, 1.165) is 18.6 Å². The molecule has 2 unspecified atom stereocenters. The lowest BCUT2D eigenvalue weighted by Crippen LogP contribution is -2.58. The second-order valence-electron chi connectivity index (χ2n) is 5.12. The second-order valence-corrected chi connectivity index (χ2v) is 6.49. The first-order valence-electron chi connectivity index (χ1n) is 6.04. The van der Waals surface area contributed by atoms with Gasteiger partial charge in [0.1, 0.15) is 5.54 Å². The first kappa shape index (κ1) is 13.8. The standard InChI is InChI=1S/C12H24N2OS/c1-8(2)9(3)16-7-12(14-4,11(13)15)10-5-6-10/h8-10,14H,5-7H2,1-4H3,(H2,13,15). The minimum absolute atomic E-state index is 0.194. The predicted octanol–water partition coefficient (Wildman–Crippen LogP) is 1.62. The number of rotatable bonds is 7. The molecule has 1 aliphatic carbocycles. The molecule has 0 aromatic carbocycles. The number of primary amides is 1. The molecular weight excluding hydrogens is 220 g/mol. The Morgan fingerprint density at radius 2 is 2.06 bits per heavy atom. The van der Waals surface area contributed by atoms with Crippen molar-refractivity contribution in [3.05, 3.63) is 0 Å². The van der Waals surface area contributed by atoms with E-state index in [9.17, 15) is 4.79 Å². The van der Waals surface area contributed by atoms with Crippen molar-refractivity contribution in [1.82, 2.24) is 5.32 Å². The molecule has 0 heterocycles. The summed E-state index contributed by atoms with van der Waals surface area (Å²) in [4.78, 5) is 11.7. The van der Waals surface area contributed by atoms with E-state index in [0.29, 0.717) is 17.1 Å². The Bertz CT molecular complexity index is 253. The van der Waals surface area contributed by atoms with E-state index in [1.54, 1.807) is 0 Å². The van der Waals surface area contributed by atoms with Gasteiger partial charge in [-0.3, -0.25) is 4.79 Å². The van der Waals surface area contributed by atoms with E-state index in [1.165, 1.54) is 0 Å². The van der Waals surface area contributed by atoms with Gasteiger partial charge in [-0.2, -0.15) is 11.8 Å². The van der Waals surface area contributed by atoms with Crippen molar-refractivity contribution in [1.29, 1.82) is 0 Å². The molecule has 94 valence electrons. The highest BCUT2D eigenvalue weighted by Gasteiger charge is 2.48. The number of hydrogen-bond acceptors (Lipinski definition) is 3. The van der Waals surface area contributed by atoms with Gasteiger partial charge in [-0.15, -0.1) is 0 Å². The van der Waals surface area contributed by atoms with Gasteiger partial charge in [-0.05, 0) is 31.7 Å². The Balaban J connectivity index is 2.60. The van der Waals surface area contributed by atoms with Gasteiger partial charge in [0.05, 0.1) is 0 Å². The third-order valence-corrected chi connectivity index (χ3v) is 5.36. The fourth-order valence-corrected chi connectivity index (χ4v) is 3.25. The SMILES string of the molecule is CNC(CSC(C)C(C)C)(C(N)=O)C1CC1. The molecule has 3 nitrogen and oxygen atoms in total. The monoisotopic (exact) mass is 244 g/mol. The van der Waals surface area contributed by atoms with Crippen LogP contribution in [0, 0.1) is 11.8 Å². The minimum Gasteiger partial charge on any atom is -0.368 e. The average Bonchev–Trinajstić information content (AvgIpc) is 3.02. The normalized spacial score (nSPS) is 21.8. The maximum Gasteiger partial charge on any atom is 0.238 e. The smallest absolute Gasteiger partial charge is 0.238 e. The van der Waals surface area contributed by atoms with Gasteiger partial charge < -0.3 is 11.1 Å². The number of amides is 1. The number of nitrogens with one attached hydrogen (secondary N) is 1. The summed E-state index contributed by atoms with van der Waals surface area (Å²) in [5.74, 6) is 1.68. The summed E-state index contributed by atoms with van der Waals surface area (Å²) in [6.07, 6.45) is 2.25. The molecule has 2 atom stereocenters. The van der Waals surface area contributed by atoms with Gasteiger partial charge >= 0.3 is 0 Å². The zero-order chi connectivity index (χ0) is 12.3. The van der Waals surface area contributed by atoms with E-state index in [4.69, 9.17) is 5.73 Å². The number of likely N-dealkylation sites (N-methyl/N-ethyl adjacent to an activating group) is 1. The van der Waals surface area contributed by atoms with Crippen molar-refractivity contribution in [2.75, 3.05) is 12.8 Å². The number of hydrogen-bond donors (Lipinski definition) is 2. The van der Waals surface area contributed by atoms with E-state index in [-0.39, 0.29) is 5.91 Å². The summed E-state index contributed by atoms with van der Waals surface area (Å²) in [5, 5.41) is 3.74. The van der Waals surface area contributed by atoms with Crippen molar-refractivity contribution in [3.63, 3.8) is 0 Å². The van der Waals surface area contributed by atoms with Crippen LogP contribution in [0.2, 0.25) is 0 Å². The minimum atomic E-state index is -0.478. The molecular formula is C12H24N2OS. The Hall–Kier alpha value is -0.220. The quantitative estimate of drug-likeness (QED) is 0.715. The number of carbonyl (C=O) groups is 1. The molecule has 0 bridgehead atoms. The maximum absolute atomic E-state index is 11.7. The van der Waals surface area contributed by atoms with Gasteiger partial charge in [-0.25, -0.2) is 0 Å². The third-order valence-electron chi connectivity index (χ3n) is 3.67. The van der Waals surface area contributed by atoms with E-state index in [1.807, 2.05) is 18.8 Å². The molecule has 0 aromatic rings. The van der Waals surface area contributed by atoms with Gasteiger partial charge in [0.2, 0.25) is 5.91 Å². The molecule has 0 aliphatic heterocycles. The number of thioether (sulfide) groups is 1. The molecule has 1 fully saturated rings. The molecule has 1 amide bonds. The van der Waals surface area contributed by atoms with Crippen LogP contribution in [-0.4, -0.2) is 29.5 Å². The first-order chi connectivity index (χ1) is 7.44. The molecule has 16 heavy (non-hydrogen) atoms. The summed E-state index contributed by atoms with van der Waals surface area (Å²) < 4.78 is 0. The van der Waals surface area contributed by atoms with Gasteiger partial charge in [-0.1, -0.05) is 20.8 Å². The fraction of sp³-hybridized carbons (Fsp3) is 0.917. The summed E-state index contributed by atoms with van der Waals surface area (Å²) in [6.45, 7) is 6.63. The lowest BCUT2D eigenvalue weighted by molar-refractivity contribution is -0.124. The van der Waals surface area contributed by atoms with Crippen LogP contribution in [-0.2, 0) is 4.79 Å². The maximum atomic E-state index is 11.7. The van der Waals surface area contributed by atoms with E-state index >= 15 is 0 Å². The van der Waals surface area contributed by atoms with Crippen LogP contribution in [0.3, 0.4) is 0 Å². The van der Waals surface area contributed by atoms with Crippen molar-refractivity contribution in [2.24, 2.45) is 17.6 Å². The summed E-state index contributed by atoms with van der Waals surface area (Å²) in [6, 6.07) is 0. The van der Waals surface area contributed by atoms with Crippen molar-refractivity contribution in [3.8, 4) is 0 Å². The van der Waals surface area contributed by atoms with Crippen molar-refractivity contribution < 1.29 is 4.79 Å². The van der Waals surface area contributed by atoms with E-state index in [2.05, 4.69) is 26.1 Å². The van der Waals surface area contributed by atoms with Gasteiger partial charge in [0.15, 0.2) is 0 Å². The molecule has 3 N–H and O–H groups in total. The van der Waals surface area contributed by atoms with Crippen LogP contribution in [0.25, 0.3) is 0 Å². The lowest BCUT2D eigenvalue weighted by atomic mass is 9.95. The Labute approximate surface area is 103 Å².